The van der Waals surface area contributed by atoms with Gasteiger partial charge in [-0.05, 0) is 68.8 Å². The number of quaternary nitrogens is 2. The van der Waals surface area contributed by atoms with Crippen molar-refractivity contribution in [2.75, 3.05) is 118 Å². The molecule has 7 rings (SSSR count). The summed E-state index contributed by atoms with van der Waals surface area (Å²) in [5.41, 5.74) is -0.380. The third-order valence-corrected chi connectivity index (χ3v) is 69.9. The van der Waals surface area contributed by atoms with Crippen LogP contribution in [0.5, 0.6) is 0 Å². The average Bonchev–Trinajstić information content (AvgIpc) is 1.49. The van der Waals surface area contributed by atoms with E-state index in [0.717, 1.165) is 58.4 Å². The number of nitrogens with zero attached hydrogens (tertiary/aromatic N) is 2. The number of unbranched alkanes of at least 4 members (excludes halogenated alkanes) is 30. The molecule has 5 aliphatic rings. The molecule has 5 heterocycles. The summed E-state index contributed by atoms with van der Waals surface area (Å²) in [4.78, 5) is 11.2. The maximum atomic E-state index is 11.2. The lowest BCUT2D eigenvalue weighted by atomic mass is 10.0. The quantitative estimate of drug-likeness (QED) is 0.0373. The molecule has 1 spiro atoms. The molecule has 116 heavy (non-hydrogen) atoms. The van der Waals surface area contributed by atoms with Gasteiger partial charge in [-0.15, -0.1) is 0 Å². The van der Waals surface area contributed by atoms with Crippen LogP contribution < -0.4 is 35.2 Å². The van der Waals surface area contributed by atoms with Gasteiger partial charge < -0.3 is 120 Å². The van der Waals surface area contributed by atoms with Crippen molar-refractivity contribution in [2.24, 2.45) is 0 Å². The lowest BCUT2D eigenvalue weighted by Crippen LogP contribution is -3.00. The highest BCUT2D eigenvalue weighted by Crippen LogP contribution is 2.71. The predicted octanol–water partition coefficient (Wildman–Crippen LogP) is 13.2. The van der Waals surface area contributed by atoms with Crippen LogP contribution in [-0.4, -0.2) is 228 Å². The second-order valence-electron chi connectivity index (χ2n) is 35.7. The second-order valence-corrected chi connectivity index (χ2v) is 71.7. The van der Waals surface area contributed by atoms with Gasteiger partial charge in [-0.1, -0.05) is 282 Å². The van der Waals surface area contributed by atoms with Gasteiger partial charge in [0.1, 0.15) is 0 Å². The fourth-order valence-corrected chi connectivity index (χ4v) is 69.6. The smallest absolute Gasteiger partial charge is 0.664 e. The van der Waals surface area contributed by atoms with E-state index >= 15 is 0 Å². The van der Waals surface area contributed by atoms with Crippen LogP contribution >= 0.6 is 0 Å². The average molecular weight is 1870 g/mol. The van der Waals surface area contributed by atoms with Gasteiger partial charge in [0.05, 0.1) is 54.4 Å². The van der Waals surface area contributed by atoms with E-state index in [9.17, 15) is 4.80 Å². The molecule has 1 N–H and O–H groups in total. The first-order valence-electron chi connectivity index (χ1n) is 44.6. The number of hydrogen-bond acceptors (Lipinski definition) is 20. The standard InChI is InChI=1S/C41H84NO11Si6.C40H84NO9Si5.2ClH/c1-13-14-15-16-17-18-19-20-21-22-23-24-25-26-27-31-35-42(4,5)36-32-37-55(43-6,48-54(11,12)40-33-29-28-30-34-40)49-59(46-9,47-10)53-57(45-8)39(3)41-38(2)56(44-7)50-58(41,51-56)52-57;1-13-14-15-16-17-18-19-20-21-22-23-24-25-26-27-31-35-41(4,5)36-32-37-53(43-6,47-51(10,11)40-33-29-28-30-34-40)49-55(45-8,46-9)50-54(44-7)39(3)38(2)52(12,42)48-54;;/h28-30,33-34,38-39,41H,13-27,31-32,35-37H2,1-12H3;28-30,33-34,38-39,42H,13-27,31-32,35-37H2,1-12H3;2*1H/q2*+1;;/p-2/t38-,39+,41-,55?,56?,57?,58?;38-,39+,52?,53?,54?;;/m01../s1. The van der Waals surface area contributed by atoms with Crippen molar-refractivity contribution < 1.29 is 120 Å². The summed E-state index contributed by atoms with van der Waals surface area (Å²) in [5, 5.41) is 2.29. The number of benzene rings is 2. The van der Waals surface area contributed by atoms with Crippen LogP contribution in [0, 0.1) is 0 Å². The molecular formula is C81H168Cl2N2O20Si11. The second kappa shape index (κ2) is 53.4. The van der Waals surface area contributed by atoms with Crippen LogP contribution in [0.1, 0.15) is 260 Å². The predicted molar refractivity (Wildman–Crippen MR) is 484 cm³/mol. The van der Waals surface area contributed by atoms with Crippen LogP contribution in [0.25, 0.3) is 0 Å². The van der Waals surface area contributed by atoms with Gasteiger partial charge in [-0.2, -0.15) is 0 Å². The van der Waals surface area contributed by atoms with Gasteiger partial charge >= 0.3 is 79.5 Å². The molecule has 5 fully saturated rings. The molecule has 0 radical (unpaired) electrons. The molecule has 0 aliphatic carbocycles. The molecule has 10 atom stereocenters. The number of hydrogen-bond donors (Lipinski definition) is 1. The Hall–Kier alpha value is 0.526. The fraction of sp³-hybridized carbons (Fsp3) is 0.852. The maximum absolute atomic E-state index is 11.2. The Kier molecular flexibility index (Phi) is 50.9. The van der Waals surface area contributed by atoms with Crippen LogP contribution in [0.4, 0.5) is 0 Å². The van der Waals surface area contributed by atoms with Crippen LogP contribution in [-0.2, 0) is 81.0 Å². The van der Waals surface area contributed by atoms with Crippen molar-refractivity contribution in [3.8, 4) is 0 Å². The van der Waals surface area contributed by atoms with Gasteiger partial charge in [0.25, 0.3) is 0 Å². The van der Waals surface area contributed by atoms with E-state index in [1.165, 1.54) is 220 Å². The number of rotatable bonds is 65. The molecule has 680 valence electrons. The van der Waals surface area contributed by atoms with E-state index < -0.39 is 96.1 Å². The Morgan fingerprint density at radius 1 is 0.353 bits per heavy atom. The zero-order valence-corrected chi connectivity index (χ0v) is 89.8. The molecule has 35 heteroatoms. The van der Waals surface area contributed by atoms with Crippen molar-refractivity contribution in [3.05, 3.63) is 60.7 Å². The zero-order valence-electron chi connectivity index (χ0n) is 77.3. The minimum atomic E-state index is -4.03. The molecule has 2 bridgehead atoms. The first-order valence-corrected chi connectivity index (χ1v) is 67.2. The Morgan fingerprint density at radius 2 is 0.647 bits per heavy atom. The molecule has 22 nitrogen and oxygen atoms in total. The molecule has 5 aliphatic heterocycles. The SMILES string of the molecule is CCCCCCCCCCCCCCCCCC[N+](C)(C)CCC[Si](OC)(O[Si](OC)(OC)O[Si]1(OC)O[Si](C)(O)[C@H](C)[C@@H]1C)O[Si](C)(C)c1ccccc1.CCCCCCCCCCCCCCCCCC[N+](C)(C)CCC[Si](OC)(O[Si](OC)(OC)O[Si]1(OC)O[Si]23O[Si](OC)(O2)[C@@H](C)[C@H]3[C@H]1C)O[Si](C)(C)c1ccccc1.[Cl-].[Cl-]. The summed E-state index contributed by atoms with van der Waals surface area (Å²) >= 11 is 0. The molecular weight excluding hydrogens is 1700 g/mol. The summed E-state index contributed by atoms with van der Waals surface area (Å²) in [7, 11) is -12.6. The Labute approximate surface area is 732 Å². The van der Waals surface area contributed by atoms with Gasteiger partial charge in [-0.25, -0.2) is 0 Å². The first-order chi connectivity index (χ1) is 54.1. The Bertz CT molecular complexity index is 2920. The molecule has 2 aromatic carbocycles. The van der Waals surface area contributed by atoms with Crippen LogP contribution in [0.3, 0.4) is 0 Å². The highest BCUT2D eigenvalue weighted by Gasteiger charge is 2.91. The largest absolute Gasteiger partial charge is 1.00 e. The molecule has 0 saturated carbocycles. The highest BCUT2D eigenvalue weighted by atomic mass is 35.5. The molecule has 0 amide bonds. The number of halogens is 2. The van der Waals surface area contributed by atoms with Gasteiger partial charge in [-0.3, -0.25) is 0 Å². The molecule has 0 aromatic heterocycles. The third kappa shape index (κ3) is 33.0. The summed E-state index contributed by atoms with van der Waals surface area (Å²) in [6.45, 7) is 27.5. The monoisotopic (exact) mass is 1870 g/mol. The Balaban J connectivity index is 0.000000592. The fourth-order valence-electron chi connectivity index (χ4n) is 17.2. The van der Waals surface area contributed by atoms with E-state index in [1.807, 2.05) is 38.1 Å². The van der Waals surface area contributed by atoms with E-state index in [4.69, 9.17) is 81.0 Å². The zero-order chi connectivity index (χ0) is 84.3. The highest BCUT2D eigenvalue weighted by molar-refractivity contribution is 7.02. The normalized spacial score (nSPS) is 25.2. The van der Waals surface area contributed by atoms with Crippen molar-refractivity contribution in [1.29, 1.82) is 0 Å². The molecule has 5 saturated heterocycles. The van der Waals surface area contributed by atoms with E-state index in [2.05, 4.69) is 118 Å². The minimum absolute atomic E-state index is 0. The third-order valence-electron chi connectivity index (χ3n) is 25.0. The summed E-state index contributed by atoms with van der Waals surface area (Å²) in [6.07, 6.45) is 45.8. The Morgan fingerprint density at radius 3 is 0.905 bits per heavy atom. The lowest BCUT2D eigenvalue weighted by molar-refractivity contribution is -0.890. The van der Waals surface area contributed by atoms with Crippen molar-refractivity contribution >= 4 is 106 Å². The van der Waals surface area contributed by atoms with Crippen LogP contribution in [0.2, 0.25) is 72.5 Å². The van der Waals surface area contributed by atoms with Crippen molar-refractivity contribution in [3.63, 3.8) is 0 Å². The van der Waals surface area contributed by atoms with Gasteiger partial charge in [0, 0.05) is 117 Å². The molecule has 2 aromatic rings. The van der Waals surface area contributed by atoms with Crippen LogP contribution in [0.15, 0.2) is 60.7 Å². The first kappa shape index (κ1) is 111. The maximum Gasteiger partial charge on any atom is 0.664 e. The molecule has 5 unspecified atom stereocenters. The van der Waals surface area contributed by atoms with E-state index in [1.54, 1.807) is 56.3 Å². The minimum Gasteiger partial charge on any atom is -1.00 e. The van der Waals surface area contributed by atoms with E-state index in [0.29, 0.717) is 12.1 Å². The topological polar surface area (TPSA) is 196 Å². The lowest BCUT2D eigenvalue weighted by Gasteiger charge is -2.45. The van der Waals surface area contributed by atoms with Gasteiger partial charge in [0.2, 0.25) is 16.6 Å². The van der Waals surface area contributed by atoms with E-state index in [-0.39, 0.29) is 52.5 Å². The van der Waals surface area contributed by atoms with Crippen molar-refractivity contribution in [2.45, 2.75) is 332 Å². The van der Waals surface area contributed by atoms with Crippen molar-refractivity contribution in [1.82, 2.24) is 0 Å². The summed E-state index contributed by atoms with van der Waals surface area (Å²) in [5.74, 6) is 0. The van der Waals surface area contributed by atoms with Gasteiger partial charge in [0.15, 0.2) is 0 Å². The summed E-state index contributed by atoms with van der Waals surface area (Å²) < 4.78 is 125. The summed E-state index contributed by atoms with van der Waals surface area (Å²) in [6, 6.07) is 21.8.